The molecule has 0 unspecified atom stereocenters. The highest BCUT2D eigenvalue weighted by atomic mass is 32.1. The highest BCUT2D eigenvalue weighted by Gasteiger charge is 2.46. The number of carbonyl (C=O) groups excluding carboxylic acids is 1. The standard InChI is InChI=1S/C9H7F3N2O3S/c10-9(11,12)7(17)14-8-13-5(2-18-8)3-1-4(3)6(15)16/h2-4H,1H2,(H,15,16)(H,13,14,17)/t3-,4+/m0/s1. The van der Waals surface area contributed by atoms with E-state index in [1.165, 1.54) is 5.38 Å². The van der Waals surface area contributed by atoms with Crippen LogP contribution in [0.1, 0.15) is 18.0 Å². The smallest absolute Gasteiger partial charge is 0.471 e. The van der Waals surface area contributed by atoms with E-state index in [4.69, 9.17) is 5.11 Å². The average Bonchev–Trinajstić information content (AvgIpc) is 2.92. The fraction of sp³-hybridized carbons (Fsp3) is 0.444. The first-order valence-electron chi connectivity index (χ1n) is 4.85. The number of thiazole rings is 1. The summed E-state index contributed by atoms with van der Waals surface area (Å²) < 4.78 is 35.9. The van der Waals surface area contributed by atoms with Gasteiger partial charge in [0, 0.05) is 11.3 Å². The highest BCUT2D eigenvalue weighted by Crippen LogP contribution is 2.48. The van der Waals surface area contributed by atoms with Gasteiger partial charge in [-0.3, -0.25) is 14.9 Å². The van der Waals surface area contributed by atoms with Crippen LogP contribution in [-0.4, -0.2) is 28.1 Å². The minimum atomic E-state index is -4.96. The minimum Gasteiger partial charge on any atom is -0.481 e. The second kappa shape index (κ2) is 4.23. The van der Waals surface area contributed by atoms with Gasteiger partial charge in [0.25, 0.3) is 0 Å². The molecule has 0 bridgehead atoms. The van der Waals surface area contributed by atoms with Gasteiger partial charge in [0.2, 0.25) is 0 Å². The monoisotopic (exact) mass is 280 g/mol. The van der Waals surface area contributed by atoms with E-state index in [2.05, 4.69) is 4.98 Å². The third kappa shape index (κ3) is 2.61. The van der Waals surface area contributed by atoms with Crippen molar-refractivity contribution in [1.29, 1.82) is 0 Å². The summed E-state index contributed by atoms with van der Waals surface area (Å²) in [7, 11) is 0. The van der Waals surface area contributed by atoms with Gasteiger partial charge >= 0.3 is 18.1 Å². The first kappa shape index (κ1) is 12.8. The van der Waals surface area contributed by atoms with Crippen LogP contribution < -0.4 is 5.32 Å². The van der Waals surface area contributed by atoms with Crippen molar-refractivity contribution in [2.75, 3.05) is 5.32 Å². The number of halogens is 3. The molecule has 1 aromatic rings. The molecule has 1 aromatic heterocycles. The number of rotatable bonds is 3. The zero-order valence-corrected chi connectivity index (χ0v) is 9.51. The van der Waals surface area contributed by atoms with Gasteiger partial charge in [-0.05, 0) is 6.42 Å². The summed E-state index contributed by atoms with van der Waals surface area (Å²) >= 11 is 0.840. The molecule has 5 nitrogen and oxygen atoms in total. The molecule has 0 aliphatic heterocycles. The van der Waals surface area contributed by atoms with Crippen LogP contribution in [0.3, 0.4) is 0 Å². The lowest BCUT2D eigenvalue weighted by Crippen LogP contribution is -2.29. The fourth-order valence-corrected chi connectivity index (χ4v) is 2.25. The Morgan fingerprint density at radius 1 is 1.50 bits per heavy atom. The van der Waals surface area contributed by atoms with Crippen molar-refractivity contribution in [3.63, 3.8) is 0 Å². The summed E-state index contributed by atoms with van der Waals surface area (Å²) in [6, 6.07) is 0. The Kier molecular flexibility index (Phi) is 3.01. The van der Waals surface area contributed by atoms with Gasteiger partial charge in [0.15, 0.2) is 5.13 Å². The van der Waals surface area contributed by atoms with Crippen molar-refractivity contribution in [1.82, 2.24) is 4.98 Å². The summed E-state index contributed by atoms with van der Waals surface area (Å²) in [6.07, 6.45) is -4.54. The fourth-order valence-electron chi connectivity index (χ4n) is 1.48. The van der Waals surface area contributed by atoms with Gasteiger partial charge in [0.05, 0.1) is 11.6 Å². The molecular weight excluding hydrogens is 273 g/mol. The number of amides is 1. The van der Waals surface area contributed by atoms with Crippen LogP contribution in [0.2, 0.25) is 0 Å². The van der Waals surface area contributed by atoms with E-state index >= 15 is 0 Å². The summed E-state index contributed by atoms with van der Waals surface area (Å²) in [4.78, 5) is 25.0. The number of nitrogens with zero attached hydrogens (tertiary/aromatic N) is 1. The molecular formula is C9H7F3N2O3S. The molecule has 98 valence electrons. The maximum Gasteiger partial charge on any atom is 0.471 e. The van der Waals surface area contributed by atoms with Crippen LogP contribution in [0.25, 0.3) is 0 Å². The van der Waals surface area contributed by atoms with Gasteiger partial charge in [-0.2, -0.15) is 13.2 Å². The number of carbonyl (C=O) groups is 2. The molecule has 2 atom stereocenters. The number of nitrogens with one attached hydrogen (secondary N) is 1. The molecule has 0 aromatic carbocycles. The molecule has 1 aliphatic rings. The molecule has 0 radical (unpaired) electrons. The number of alkyl halides is 3. The lowest BCUT2D eigenvalue weighted by atomic mass is 10.2. The Balaban J connectivity index is 2.00. The normalized spacial score (nSPS) is 22.6. The lowest BCUT2D eigenvalue weighted by Gasteiger charge is -2.04. The van der Waals surface area contributed by atoms with Crippen LogP contribution in [0, 0.1) is 5.92 Å². The first-order chi connectivity index (χ1) is 8.29. The molecule has 0 spiro atoms. The van der Waals surface area contributed by atoms with E-state index in [-0.39, 0.29) is 11.0 Å². The number of aromatic nitrogens is 1. The second-order valence-electron chi connectivity index (χ2n) is 3.82. The molecule has 0 saturated heterocycles. The molecule has 1 heterocycles. The Bertz CT molecular complexity index is 499. The van der Waals surface area contributed by atoms with E-state index in [1.807, 2.05) is 0 Å². The van der Waals surface area contributed by atoms with E-state index in [0.717, 1.165) is 11.3 Å². The zero-order valence-electron chi connectivity index (χ0n) is 8.69. The van der Waals surface area contributed by atoms with Crippen LogP contribution in [-0.2, 0) is 9.59 Å². The van der Waals surface area contributed by atoms with Gasteiger partial charge in [-0.1, -0.05) is 0 Å². The van der Waals surface area contributed by atoms with Crippen molar-refractivity contribution in [3.8, 4) is 0 Å². The SMILES string of the molecule is O=C(O)[C@@H]1C[C@@H]1c1csc(NC(=O)C(F)(F)F)n1. The van der Waals surface area contributed by atoms with E-state index in [1.54, 1.807) is 5.32 Å². The number of anilines is 1. The predicted molar refractivity (Wildman–Crippen MR) is 55.3 cm³/mol. The van der Waals surface area contributed by atoms with E-state index in [9.17, 15) is 22.8 Å². The Morgan fingerprint density at radius 2 is 2.17 bits per heavy atom. The van der Waals surface area contributed by atoms with E-state index in [0.29, 0.717) is 12.1 Å². The zero-order chi connectivity index (χ0) is 13.5. The summed E-state index contributed by atoms with van der Waals surface area (Å²) in [5.74, 6) is -3.84. The molecule has 2 N–H and O–H groups in total. The quantitative estimate of drug-likeness (QED) is 0.885. The predicted octanol–water partition coefficient (Wildman–Crippen LogP) is 1.83. The highest BCUT2D eigenvalue weighted by molar-refractivity contribution is 7.13. The minimum absolute atomic E-state index is 0.177. The van der Waals surface area contributed by atoms with Crippen molar-refractivity contribution < 1.29 is 27.9 Å². The van der Waals surface area contributed by atoms with Crippen molar-refractivity contribution >= 4 is 28.3 Å². The molecule has 18 heavy (non-hydrogen) atoms. The van der Waals surface area contributed by atoms with Gasteiger partial charge < -0.3 is 5.11 Å². The van der Waals surface area contributed by atoms with Gasteiger partial charge in [-0.25, -0.2) is 4.98 Å². The summed E-state index contributed by atoms with van der Waals surface area (Å²) in [5.41, 5.74) is 0.407. The Hall–Kier alpha value is -1.64. The second-order valence-corrected chi connectivity index (χ2v) is 4.67. The third-order valence-corrected chi connectivity index (χ3v) is 3.26. The number of hydrogen-bond donors (Lipinski definition) is 2. The maximum atomic E-state index is 12.0. The molecule has 1 amide bonds. The number of carboxylic acid groups (broad SMARTS) is 1. The molecule has 1 fully saturated rings. The van der Waals surface area contributed by atoms with Crippen molar-refractivity contribution in [2.45, 2.75) is 18.5 Å². The lowest BCUT2D eigenvalue weighted by molar-refractivity contribution is -0.167. The Labute approximate surface area is 103 Å². The number of hydrogen-bond acceptors (Lipinski definition) is 4. The largest absolute Gasteiger partial charge is 0.481 e. The number of carboxylic acids is 1. The molecule has 1 saturated carbocycles. The first-order valence-corrected chi connectivity index (χ1v) is 5.73. The van der Waals surface area contributed by atoms with Crippen LogP contribution in [0.15, 0.2) is 5.38 Å². The third-order valence-electron chi connectivity index (χ3n) is 2.49. The topological polar surface area (TPSA) is 79.3 Å². The van der Waals surface area contributed by atoms with Crippen LogP contribution >= 0.6 is 11.3 Å². The molecule has 1 aliphatic carbocycles. The van der Waals surface area contributed by atoms with Gasteiger partial charge in [-0.15, -0.1) is 11.3 Å². The number of aliphatic carboxylic acids is 1. The Morgan fingerprint density at radius 3 is 2.67 bits per heavy atom. The average molecular weight is 280 g/mol. The van der Waals surface area contributed by atoms with E-state index < -0.39 is 24.0 Å². The van der Waals surface area contributed by atoms with Crippen LogP contribution in [0.4, 0.5) is 18.3 Å². The maximum absolute atomic E-state index is 12.0. The summed E-state index contributed by atoms with van der Waals surface area (Å²) in [5, 5.41) is 11.6. The van der Waals surface area contributed by atoms with Crippen LogP contribution in [0.5, 0.6) is 0 Å². The summed E-state index contributed by atoms with van der Waals surface area (Å²) in [6.45, 7) is 0. The molecule has 2 rings (SSSR count). The van der Waals surface area contributed by atoms with Crippen molar-refractivity contribution in [2.24, 2.45) is 5.92 Å². The van der Waals surface area contributed by atoms with Crippen molar-refractivity contribution in [3.05, 3.63) is 11.1 Å². The molecule has 9 heteroatoms. The van der Waals surface area contributed by atoms with Gasteiger partial charge in [0.1, 0.15) is 0 Å².